The highest BCUT2D eigenvalue weighted by Crippen LogP contribution is 2.48. The van der Waals surface area contributed by atoms with E-state index >= 15 is 0 Å². The van der Waals surface area contributed by atoms with Crippen molar-refractivity contribution in [1.82, 2.24) is 0 Å². The molecule has 0 atom stereocenters. The minimum Gasteiger partial charge on any atom is -0.496 e. The fourth-order valence-corrected chi connectivity index (χ4v) is 2.85. The third-order valence-corrected chi connectivity index (χ3v) is 4.14. The van der Waals surface area contributed by atoms with Crippen LogP contribution in [0.25, 0.3) is 0 Å². The SMILES string of the molecule is CCOP(=O)(COc1ccc(OC)cc1[N+](=O)[O-])OCC. The summed E-state index contributed by atoms with van der Waals surface area (Å²) in [7, 11) is -2.03. The Bertz CT molecular complexity index is 524. The number of hydrogen-bond donors (Lipinski definition) is 0. The Hall–Kier alpha value is -1.63. The lowest BCUT2D eigenvalue weighted by molar-refractivity contribution is -0.385. The molecule has 1 aromatic carbocycles. The van der Waals surface area contributed by atoms with Crippen LogP contribution < -0.4 is 9.47 Å². The van der Waals surface area contributed by atoms with Crippen LogP contribution in [0.3, 0.4) is 0 Å². The average Bonchev–Trinajstić information content (AvgIpc) is 2.45. The second kappa shape index (κ2) is 7.97. The molecule has 0 unspecified atom stereocenters. The number of rotatable bonds is 9. The number of benzene rings is 1. The first-order valence-electron chi connectivity index (χ1n) is 6.29. The molecule has 0 heterocycles. The van der Waals surface area contributed by atoms with Crippen LogP contribution in [0.2, 0.25) is 0 Å². The molecular formula is C12H18NO7P. The van der Waals surface area contributed by atoms with Gasteiger partial charge in [0.05, 0.1) is 31.3 Å². The van der Waals surface area contributed by atoms with Gasteiger partial charge in [-0.1, -0.05) is 0 Å². The molecular weight excluding hydrogens is 301 g/mol. The van der Waals surface area contributed by atoms with Gasteiger partial charge in [-0.25, -0.2) is 0 Å². The molecule has 0 amide bonds. The molecule has 8 nitrogen and oxygen atoms in total. The number of nitrogens with zero attached hydrogens (tertiary/aromatic N) is 1. The highest BCUT2D eigenvalue weighted by Gasteiger charge is 2.27. The van der Waals surface area contributed by atoms with E-state index in [2.05, 4.69) is 0 Å². The minimum atomic E-state index is -3.43. The Morgan fingerprint density at radius 1 is 1.24 bits per heavy atom. The molecule has 0 saturated heterocycles. The van der Waals surface area contributed by atoms with Crippen LogP contribution in [0.15, 0.2) is 18.2 Å². The van der Waals surface area contributed by atoms with Crippen LogP contribution in [-0.2, 0) is 13.6 Å². The zero-order valence-electron chi connectivity index (χ0n) is 12.1. The second-order valence-electron chi connectivity index (χ2n) is 3.81. The van der Waals surface area contributed by atoms with E-state index < -0.39 is 18.9 Å². The predicted molar refractivity (Wildman–Crippen MR) is 76.0 cm³/mol. The van der Waals surface area contributed by atoms with E-state index in [-0.39, 0.29) is 24.7 Å². The Labute approximate surface area is 122 Å². The van der Waals surface area contributed by atoms with Gasteiger partial charge in [0.1, 0.15) is 5.75 Å². The van der Waals surface area contributed by atoms with E-state index in [0.29, 0.717) is 5.75 Å². The maximum Gasteiger partial charge on any atom is 0.367 e. The van der Waals surface area contributed by atoms with Crippen molar-refractivity contribution in [1.29, 1.82) is 0 Å². The molecule has 0 aliphatic rings. The largest absolute Gasteiger partial charge is 0.496 e. The summed E-state index contributed by atoms with van der Waals surface area (Å²) < 4.78 is 32.5. The molecule has 0 aromatic heterocycles. The van der Waals surface area contributed by atoms with Gasteiger partial charge in [0.15, 0.2) is 12.1 Å². The number of methoxy groups -OCH3 is 1. The first kappa shape index (κ1) is 17.4. The van der Waals surface area contributed by atoms with Crippen LogP contribution in [0.1, 0.15) is 13.8 Å². The zero-order chi connectivity index (χ0) is 15.9. The van der Waals surface area contributed by atoms with E-state index in [0.717, 1.165) is 0 Å². The van der Waals surface area contributed by atoms with E-state index in [1.165, 1.54) is 25.3 Å². The Morgan fingerprint density at radius 2 is 1.86 bits per heavy atom. The standard InChI is InChI=1S/C12H18NO7P/c1-4-19-21(16,20-5-2)9-18-12-7-6-10(17-3)8-11(12)13(14)15/h6-8H,4-5,9H2,1-3H3. The smallest absolute Gasteiger partial charge is 0.367 e. The Kier molecular flexibility index (Phi) is 6.61. The van der Waals surface area contributed by atoms with Crippen LogP contribution in [0, 0.1) is 10.1 Å². The topological polar surface area (TPSA) is 97.1 Å². The van der Waals surface area contributed by atoms with Gasteiger partial charge in [0.2, 0.25) is 0 Å². The fourth-order valence-electron chi connectivity index (χ4n) is 1.54. The first-order valence-corrected chi connectivity index (χ1v) is 8.02. The van der Waals surface area contributed by atoms with E-state index in [1.54, 1.807) is 13.8 Å². The fraction of sp³-hybridized carbons (Fsp3) is 0.500. The molecule has 0 saturated carbocycles. The van der Waals surface area contributed by atoms with Crippen LogP contribution in [0.5, 0.6) is 11.5 Å². The Balaban J connectivity index is 2.91. The van der Waals surface area contributed by atoms with Gasteiger partial charge in [0.25, 0.3) is 0 Å². The van der Waals surface area contributed by atoms with Crippen molar-refractivity contribution in [2.75, 3.05) is 26.7 Å². The maximum absolute atomic E-state index is 12.2. The van der Waals surface area contributed by atoms with Crippen molar-refractivity contribution in [3.05, 3.63) is 28.3 Å². The van der Waals surface area contributed by atoms with Gasteiger partial charge in [-0.15, -0.1) is 0 Å². The quantitative estimate of drug-likeness (QED) is 0.391. The predicted octanol–water partition coefficient (Wildman–Crippen LogP) is 3.21. The molecule has 1 aromatic rings. The van der Waals surface area contributed by atoms with Gasteiger partial charge in [-0.3, -0.25) is 14.7 Å². The lowest BCUT2D eigenvalue weighted by Gasteiger charge is -2.17. The van der Waals surface area contributed by atoms with E-state index in [4.69, 9.17) is 18.5 Å². The van der Waals surface area contributed by atoms with Crippen molar-refractivity contribution < 1.29 is 28.0 Å². The lowest BCUT2D eigenvalue weighted by Crippen LogP contribution is -2.07. The summed E-state index contributed by atoms with van der Waals surface area (Å²) >= 11 is 0. The Morgan fingerprint density at radius 3 is 2.33 bits per heavy atom. The molecule has 0 bridgehead atoms. The van der Waals surface area contributed by atoms with Crippen LogP contribution >= 0.6 is 7.60 Å². The molecule has 1 rings (SSSR count). The van der Waals surface area contributed by atoms with Crippen molar-refractivity contribution in [3.8, 4) is 11.5 Å². The van der Waals surface area contributed by atoms with Gasteiger partial charge in [-0.2, -0.15) is 0 Å². The summed E-state index contributed by atoms with van der Waals surface area (Å²) in [5.41, 5.74) is -0.283. The summed E-state index contributed by atoms with van der Waals surface area (Å²) in [5, 5.41) is 11.0. The van der Waals surface area contributed by atoms with Crippen molar-refractivity contribution in [2.24, 2.45) is 0 Å². The maximum atomic E-state index is 12.2. The van der Waals surface area contributed by atoms with Gasteiger partial charge in [0, 0.05) is 0 Å². The molecule has 0 radical (unpaired) electrons. The second-order valence-corrected chi connectivity index (χ2v) is 5.81. The number of hydrogen-bond acceptors (Lipinski definition) is 7. The van der Waals surface area contributed by atoms with Crippen LogP contribution in [-0.4, -0.2) is 31.6 Å². The molecule has 9 heteroatoms. The molecule has 0 N–H and O–H groups in total. The van der Waals surface area contributed by atoms with Gasteiger partial charge >= 0.3 is 13.3 Å². The summed E-state index contributed by atoms with van der Waals surface area (Å²) in [5.74, 6) is 0.298. The first-order chi connectivity index (χ1) is 9.95. The summed E-state index contributed by atoms with van der Waals surface area (Å²) in [6, 6.07) is 4.11. The van der Waals surface area contributed by atoms with Gasteiger partial charge in [-0.05, 0) is 26.0 Å². The molecule has 0 aliphatic heterocycles. The monoisotopic (exact) mass is 319 g/mol. The van der Waals surface area contributed by atoms with Crippen molar-refractivity contribution in [2.45, 2.75) is 13.8 Å². The molecule has 0 spiro atoms. The summed E-state index contributed by atoms with van der Waals surface area (Å²) in [6.45, 7) is 3.71. The number of ether oxygens (including phenoxy) is 2. The summed E-state index contributed by atoms with van der Waals surface area (Å²) in [6.07, 6.45) is -0.401. The molecule has 0 aliphatic carbocycles. The highest BCUT2D eigenvalue weighted by atomic mass is 31.2. The number of nitro benzene ring substituents is 1. The van der Waals surface area contributed by atoms with E-state index in [9.17, 15) is 14.7 Å². The summed E-state index contributed by atoms with van der Waals surface area (Å²) in [4.78, 5) is 10.4. The number of nitro groups is 1. The third-order valence-electron chi connectivity index (χ3n) is 2.39. The molecule has 21 heavy (non-hydrogen) atoms. The third kappa shape index (κ3) is 5.00. The lowest BCUT2D eigenvalue weighted by atomic mass is 10.3. The minimum absolute atomic E-state index is 0.0274. The van der Waals surface area contributed by atoms with Crippen molar-refractivity contribution >= 4 is 13.3 Å². The van der Waals surface area contributed by atoms with Crippen LogP contribution in [0.4, 0.5) is 5.69 Å². The van der Waals surface area contributed by atoms with Crippen molar-refractivity contribution in [3.63, 3.8) is 0 Å². The highest BCUT2D eigenvalue weighted by molar-refractivity contribution is 7.53. The average molecular weight is 319 g/mol. The zero-order valence-corrected chi connectivity index (χ0v) is 13.0. The molecule has 0 fully saturated rings. The molecule has 118 valence electrons. The van der Waals surface area contributed by atoms with Gasteiger partial charge < -0.3 is 18.5 Å². The van der Waals surface area contributed by atoms with E-state index in [1.807, 2.05) is 0 Å². The normalized spacial score (nSPS) is 11.2.